The molecule has 0 saturated heterocycles. The molecule has 2 heterocycles. The molecule has 7 heteroatoms. The molecule has 3 aromatic rings. The zero-order valence-corrected chi connectivity index (χ0v) is 16.7. The van der Waals surface area contributed by atoms with E-state index in [-0.39, 0.29) is 24.1 Å². The summed E-state index contributed by atoms with van der Waals surface area (Å²) in [5.74, 6) is -0.246. The van der Waals surface area contributed by atoms with Gasteiger partial charge >= 0.3 is 5.69 Å². The van der Waals surface area contributed by atoms with E-state index in [1.54, 1.807) is 17.5 Å². The molecule has 0 unspecified atom stereocenters. The van der Waals surface area contributed by atoms with Gasteiger partial charge in [0, 0.05) is 6.04 Å². The summed E-state index contributed by atoms with van der Waals surface area (Å²) in [5, 5.41) is 4.63. The Balaban J connectivity index is 2.18. The standard InChI is InChI=1S/C20H23N3O3S/c1-5-14(4)21-17(24)11-22-16-8-9-27-18(16)19(25)23(20(22)26)15-7-6-12(2)13(3)10-15/h6-10,14H,5,11H2,1-4H3,(H,21,24)/t14-/m0/s1. The smallest absolute Gasteiger partial charge is 0.336 e. The van der Waals surface area contributed by atoms with E-state index in [0.717, 1.165) is 22.1 Å². The van der Waals surface area contributed by atoms with Crippen LogP contribution in [0, 0.1) is 13.8 Å². The minimum absolute atomic E-state index is 0.0248. The van der Waals surface area contributed by atoms with Crippen molar-refractivity contribution < 1.29 is 4.79 Å². The number of carbonyl (C=O) groups excluding carboxylic acids is 1. The topological polar surface area (TPSA) is 73.1 Å². The highest BCUT2D eigenvalue weighted by atomic mass is 32.1. The minimum atomic E-state index is -0.506. The third kappa shape index (κ3) is 3.60. The highest BCUT2D eigenvalue weighted by Gasteiger charge is 2.18. The molecule has 142 valence electrons. The molecular formula is C20H23N3O3S. The molecule has 0 bridgehead atoms. The monoisotopic (exact) mass is 385 g/mol. The normalized spacial score (nSPS) is 12.3. The maximum atomic E-state index is 13.1. The Bertz CT molecular complexity index is 1120. The van der Waals surface area contributed by atoms with E-state index < -0.39 is 5.69 Å². The first-order chi connectivity index (χ1) is 12.8. The van der Waals surface area contributed by atoms with Crippen LogP contribution in [0.2, 0.25) is 0 Å². The van der Waals surface area contributed by atoms with Crippen molar-refractivity contribution >= 4 is 27.5 Å². The Kier molecular flexibility index (Phi) is 5.32. The molecule has 6 nitrogen and oxygen atoms in total. The number of carbonyl (C=O) groups is 1. The molecule has 1 atom stereocenters. The Morgan fingerprint density at radius 3 is 2.59 bits per heavy atom. The first-order valence-electron chi connectivity index (χ1n) is 8.93. The fraction of sp³-hybridized carbons (Fsp3) is 0.350. The second-order valence-electron chi connectivity index (χ2n) is 6.79. The molecule has 0 spiro atoms. The molecule has 1 aromatic carbocycles. The van der Waals surface area contributed by atoms with Crippen LogP contribution in [-0.4, -0.2) is 21.1 Å². The van der Waals surface area contributed by atoms with E-state index >= 15 is 0 Å². The Hall–Kier alpha value is -2.67. The number of fused-ring (bicyclic) bond motifs is 1. The van der Waals surface area contributed by atoms with Crippen LogP contribution in [0.4, 0.5) is 0 Å². The minimum Gasteiger partial charge on any atom is -0.352 e. The van der Waals surface area contributed by atoms with Crippen LogP contribution in [0.15, 0.2) is 39.2 Å². The van der Waals surface area contributed by atoms with Crippen molar-refractivity contribution in [2.75, 3.05) is 0 Å². The highest BCUT2D eigenvalue weighted by Crippen LogP contribution is 2.17. The van der Waals surface area contributed by atoms with Gasteiger partial charge < -0.3 is 5.32 Å². The number of aromatic nitrogens is 2. The van der Waals surface area contributed by atoms with Gasteiger partial charge in [-0.1, -0.05) is 13.0 Å². The fourth-order valence-corrected chi connectivity index (χ4v) is 3.72. The van der Waals surface area contributed by atoms with Gasteiger partial charge in [0.05, 0.1) is 11.2 Å². The number of nitrogens with zero attached hydrogens (tertiary/aromatic N) is 2. The van der Waals surface area contributed by atoms with Gasteiger partial charge in [0.2, 0.25) is 5.91 Å². The largest absolute Gasteiger partial charge is 0.352 e. The number of rotatable bonds is 5. The van der Waals surface area contributed by atoms with Gasteiger partial charge in [-0.3, -0.25) is 14.2 Å². The zero-order chi connectivity index (χ0) is 19.7. The maximum absolute atomic E-state index is 13.1. The Labute approximate surface area is 161 Å². The predicted octanol–water partition coefficient (Wildman–Crippen LogP) is 2.75. The van der Waals surface area contributed by atoms with Gasteiger partial charge in [0.1, 0.15) is 11.2 Å². The summed E-state index contributed by atoms with van der Waals surface area (Å²) < 4.78 is 2.99. The van der Waals surface area contributed by atoms with Crippen molar-refractivity contribution in [3.05, 3.63) is 61.6 Å². The highest BCUT2D eigenvalue weighted by molar-refractivity contribution is 7.17. The van der Waals surface area contributed by atoms with Crippen LogP contribution in [0.25, 0.3) is 15.9 Å². The third-order valence-corrected chi connectivity index (χ3v) is 5.72. The van der Waals surface area contributed by atoms with Crippen molar-refractivity contribution in [1.29, 1.82) is 0 Å². The molecule has 0 saturated carbocycles. The molecule has 0 aliphatic rings. The van der Waals surface area contributed by atoms with E-state index in [1.165, 1.54) is 15.9 Å². The zero-order valence-electron chi connectivity index (χ0n) is 15.9. The lowest BCUT2D eigenvalue weighted by Crippen LogP contribution is -2.42. The lowest BCUT2D eigenvalue weighted by Gasteiger charge is -2.15. The summed E-state index contributed by atoms with van der Waals surface area (Å²) in [5.41, 5.74) is 2.22. The molecule has 2 aromatic heterocycles. The van der Waals surface area contributed by atoms with E-state index in [9.17, 15) is 14.4 Å². The van der Waals surface area contributed by atoms with E-state index in [2.05, 4.69) is 5.32 Å². The van der Waals surface area contributed by atoms with Gasteiger partial charge in [0.15, 0.2) is 0 Å². The average Bonchev–Trinajstić information content (AvgIpc) is 3.11. The molecule has 0 radical (unpaired) electrons. The van der Waals surface area contributed by atoms with Crippen molar-refractivity contribution in [2.45, 2.75) is 46.7 Å². The van der Waals surface area contributed by atoms with Crippen LogP contribution in [0.1, 0.15) is 31.4 Å². The summed E-state index contributed by atoms with van der Waals surface area (Å²) in [4.78, 5) is 38.4. The number of nitrogens with one attached hydrogen (secondary N) is 1. The summed E-state index contributed by atoms with van der Waals surface area (Å²) >= 11 is 1.27. The average molecular weight is 385 g/mol. The Morgan fingerprint density at radius 2 is 1.93 bits per heavy atom. The van der Waals surface area contributed by atoms with Crippen LogP contribution >= 0.6 is 11.3 Å². The van der Waals surface area contributed by atoms with E-state index in [4.69, 9.17) is 0 Å². The van der Waals surface area contributed by atoms with Crippen molar-refractivity contribution in [3.63, 3.8) is 0 Å². The lowest BCUT2D eigenvalue weighted by atomic mass is 10.1. The molecule has 27 heavy (non-hydrogen) atoms. The van der Waals surface area contributed by atoms with Crippen molar-refractivity contribution in [1.82, 2.24) is 14.5 Å². The number of aryl methyl sites for hydroxylation is 2. The van der Waals surface area contributed by atoms with E-state index in [1.807, 2.05) is 39.8 Å². The quantitative estimate of drug-likeness (QED) is 0.734. The van der Waals surface area contributed by atoms with Crippen molar-refractivity contribution in [3.8, 4) is 5.69 Å². The summed E-state index contributed by atoms with van der Waals surface area (Å²) in [7, 11) is 0. The van der Waals surface area contributed by atoms with E-state index in [0.29, 0.717) is 15.9 Å². The van der Waals surface area contributed by atoms with Crippen LogP contribution in [0.3, 0.4) is 0 Å². The second kappa shape index (κ2) is 7.52. The fourth-order valence-electron chi connectivity index (χ4n) is 2.90. The van der Waals surface area contributed by atoms with Gasteiger partial charge in [-0.15, -0.1) is 11.3 Å². The van der Waals surface area contributed by atoms with Gasteiger partial charge in [-0.05, 0) is 61.9 Å². The molecular weight excluding hydrogens is 362 g/mol. The molecule has 0 aliphatic carbocycles. The number of amides is 1. The predicted molar refractivity (Wildman–Crippen MR) is 109 cm³/mol. The number of hydrogen-bond donors (Lipinski definition) is 1. The maximum Gasteiger partial charge on any atom is 0.336 e. The molecule has 1 N–H and O–H groups in total. The second-order valence-corrected chi connectivity index (χ2v) is 7.71. The number of benzene rings is 1. The van der Waals surface area contributed by atoms with Crippen LogP contribution in [-0.2, 0) is 11.3 Å². The first-order valence-corrected chi connectivity index (χ1v) is 9.81. The summed E-state index contributed by atoms with van der Waals surface area (Å²) in [6, 6.07) is 7.20. The third-order valence-electron chi connectivity index (χ3n) is 4.82. The lowest BCUT2D eigenvalue weighted by molar-refractivity contribution is -0.122. The molecule has 0 aliphatic heterocycles. The molecule has 1 amide bonds. The first kappa shape index (κ1) is 19.1. The Morgan fingerprint density at radius 1 is 1.19 bits per heavy atom. The summed E-state index contributed by atoms with van der Waals surface area (Å²) in [6.07, 6.45) is 0.802. The molecule has 0 fully saturated rings. The SMILES string of the molecule is CC[C@H](C)NC(=O)Cn1c(=O)n(-c2ccc(C)c(C)c2)c(=O)c2sccc21. The van der Waals surface area contributed by atoms with Gasteiger partial charge in [0.25, 0.3) is 5.56 Å². The van der Waals surface area contributed by atoms with Crippen LogP contribution in [0.5, 0.6) is 0 Å². The number of thiophene rings is 1. The van der Waals surface area contributed by atoms with Gasteiger partial charge in [-0.2, -0.15) is 0 Å². The van der Waals surface area contributed by atoms with Crippen molar-refractivity contribution in [2.24, 2.45) is 0 Å². The van der Waals surface area contributed by atoms with Crippen LogP contribution < -0.4 is 16.6 Å². The molecule has 3 rings (SSSR count). The van der Waals surface area contributed by atoms with Gasteiger partial charge in [-0.25, -0.2) is 9.36 Å². The summed E-state index contributed by atoms with van der Waals surface area (Å²) in [6.45, 7) is 7.68. The number of hydrogen-bond acceptors (Lipinski definition) is 4.